The van der Waals surface area contributed by atoms with Gasteiger partial charge in [0.15, 0.2) is 11.5 Å². The molecular weight excluding hydrogens is 368 g/mol. The lowest BCUT2D eigenvalue weighted by Gasteiger charge is -2.13. The van der Waals surface area contributed by atoms with Crippen molar-refractivity contribution < 1.29 is 0 Å². The first-order valence-corrected chi connectivity index (χ1v) is 8.70. The van der Waals surface area contributed by atoms with Gasteiger partial charge in [0.25, 0.3) is 0 Å². The molecule has 0 spiro atoms. The van der Waals surface area contributed by atoms with Gasteiger partial charge >= 0.3 is 0 Å². The van der Waals surface area contributed by atoms with E-state index in [9.17, 15) is 0 Å². The lowest BCUT2D eigenvalue weighted by Crippen LogP contribution is -2.14. The van der Waals surface area contributed by atoms with Crippen molar-refractivity contribution in [3.8, 4) is 0 Å². The van der Waals surface area contributed by atoms with Gasteiger partial charge in [-0.3, -0.25) is 4.68 Å². The van der Waals surface area contributed by atoms with Gasteiger partial charge < -0.3 is 0 Å². The monoisotopic (exact) mass is 384 g/mol. The van der Waals surface area contributed by atoms with Crippen LogP contribution in [0, 0.1) is 13.8 Å². The molecule has 4 aromatic rings. The summed E-state index contributed by atoms with van der Waals surface area (Å²) in [4.78, 5) is 9.25. The zero-order valence-corrected chi connectivity index (χ0v) is 15.3. The summed E-state index contributed by atoms with van der Waals surface area (Å²) in [6.07, 6.45) is 2.58. The van der Waals surface area contributed by atoms with Crippen LogP contribution in [0.2, 0.25) is 0 Å². The van der Waals surface area contributed by atoms with E-state index in [1.165, 1.54) is 0 Å². The molecule has 3 aromatic heterocycles. The molecule has 7 heteroatoms. The Labute approximate surface area is 147 Å². The summed E-state index contributed by atoms with van der Waals surface area (Å²) >= 11 is 3.60. The van der Waals surface area contributed by atoms with Gasteiger partial charge in [-0.1, -0.05) is 19.1 Å². The largest absolute Gasteiger partial charge is 0.258 e. The van der Waals surface area contributed by atoms with Gasteiger partial charge in [0.05, 0.1) is 21.4 Å². The summed E-state index contributed by atoms with van der Waals surface area (Å²) in [6.45, 7) is 6.17. The summed E-state index contributed by atoms with van der Waals surface area (Å²) in [5.74, 6) is 0.758. The normalized spacial score (nSPS) is 13.0. The Morgan fingerprint density at radius 1 is 1.17 bits per heavy atom. The van der Waals surface area contributed by atoms with Crippen LogP contribution in [0.4, 0.5) is 0 Å². The van der Waals surface area contributed by atoms with Crippen LogP contribution in [-0.2, 0) is 0 Å². The Bertz CT molecular complexity index is 1050. The Morgan fingerprint density at radius 2 is 1.96 bits per heavy atom. The zero-order valence-electron chi connectivity index (χ0n) is 13.7. The molecule has 0 aliphatic rings. The van der Waals surface area contributed by atoms with Crippen LogP contribution in [-0.4, -0.2) is 29.4 Å². The number of aryl methyl sites for hydroxylation is 1. The van der Waals surface area contributed by atoms with E-state index in [0.29, 0.717) is 0 Å². The first-order valence-electron chi connectivity index (χ1n) is 7.91. The second kappa shape index (κ2) is 5.66. The molecule has 0 unspecified atom stereocenters. The minimum Gasteiger partial charge on any atom is -0.258 e. The molecule has 3 heterocycles. The van der Waals surface area contributed by atoms with Gasteiger partial charge in [-0.25, -0.2) is 14.5 Å². The van der Waals surface area contributed by atoms with Crippen LogP contribution in [0.1, 0.15) is 36.6 Å². The Hall–Kier alpha value is -2.28. The van der Waals surface area contributed by atoms with Gasteiger partial charge in [-0.05, 0) is 48.3 Å². The molecule has 0 saturated carbocycles. The van der Waals surface area contributed by atoms with Crippen molar-refractivity contribution in [3.63, 3.8) is 0 Å². The van der Waals surface area contributed by atoms with E-state index in [0.717, 1.165) is 44.7 Å². The van der Waals surface area contributed by atoms with Crippen molar-refractivity contribution in [1.29, 1.82) is 0 Å². The van der Waals surface area contributed by atoms with E-state index < -0.39 is 0 Å². The van der Waals surface area contributed by atoms with Gasteiger partial charge in [0.1, 0.15) is 12.4 Å². The van der Waals surface area contributed by atoms with Crippen LogP contribution in [0.3, 0.4) is 0 Å². The van der Waals surface area contributed by atoms with Crippen LogP contribution in [0.25, 0.3) is 16.6 Å². The highest BCUT2D eigenvalue weighted by Crippen LogP contribution is 2.28. The molecule has 0 aliphatic heterocycles. The van der Waals surface area contributed by atoms with Crippen LogP contribution in [0.15, 0.2) is 35.1 Å². The molecule has 0 aliphatic carbocycles. The second-order valence-corrected chi connectivity index (χ2v) is 6.65. The predicted octanol–water partition coefficient (Wildman–Crippen LogP) is 3.85. The highest BCUT2D eigenvalue weighted by Gasteiger charge is 2.22. The highest BCUT2D eigenvalue weighted by atomic mass is 79.9. The van der Waals surface area contributed by atoms with Gasteiger partial charge in [-0.2, -0.15) is 5.10 Å². The average Bonchev–Trinajstić information content (AvgIpc) is 3.13. The van der Waals surface area contributed by atoms with Crippen molar-refractivity contribution >= 4 is 32.5 Å². The first kappa shape index (κ1) is 15.3. The Balaban J connectivity index is 1.90. The summed E-state index contributed by atoms with van der Waals surface area (Å²) in [5, 5.41) is 10.3. The van der Waals surface area contributed by atoms with Crippen molar-refractivity contribution in [2.75, 3.05) is 0 Å². The predicted molar refractivity (Wildman–Crippen MR) is 96.1 cm³/mol. The van der Waals surface area contributed by atoms with E-state index in [1.807, 2.05) is 35.9 Å². The molecule has 1 atom stereocenters. The summed E-state index contributed by atoms with van der Waals surface area (Å²) in [7, 11) is 0. The van der Waals surface area contributed by atoms with E-state index in [-0.39, 0.29) is 6.04 Å². The number of rotatable bonds is 3. The third kappa shape index (κ3) is 2.23. The van der Waals surface area contributed by atoms with Crippen LogP contribution >= 0.6 is 15.9 Å². The molecule has 0 fully saturated rings. The SMILES string of the molecule is CC[C@@H](c1nc2c3ccccc3ncn2n1)n1nc(C)c(Br)c1C. The number of aromatic nitrogens is 6. The average molecular weight is 385 g/mol. The maximum atomic E-state index is 4.80. The third-order valence-electron chi connectivity index (χ3n) is 4.32. The van der Waals surface area contributed by atoms with E-state index in [2.05, 4.69) is 45.0 Å². The molecule has 0 saturated heterocycles. The topological polar surface area (TPSA) is 60.9 Å². The fourth-order valence-corrected chi connectivity index (χ4v) is 3.31. The number of para-hydroxylation sites is 1. The smallest absolute Gasteiger partial charge is 0.176 e. The highest BCUT2D eigenvalue weighted by molar-refractivity contribution is 9.10. The molecule has 0 radical (unpaired) electrons. The molecule has 1 aromatic carbocycles. The molecule has 24 heavy (non-hydrogen) atoms. The van der Waals surface area contributed by atoms with Crippen molar-refractivity contribution in [3.05, 3.63) is 52.3 Å². The van der Waals surface area contributed by atoms with Crippen LogP contribution < -0.4 is 0 Å². The second-order valence-electron chi connectivity index (χ2n) is 5.85. The van der Waals surface area contributed by atoms with E-state index >= 15 is 0 Å². The van der Waals surface area contributed by atoms with Gasteiger partial charge in [0.2, 0.25) is 0 Å². The fourth-order valence-electron chi connectivity index (χ4n) is 3.05. The molecule has 0 bridgehead atoms. The minimum atomic E-state index is -0.00587. The first-order chi connectivity index (χ1) is 11.6. The lowest BCUT2D eigenvalue weighted by molar-refractivity contribution is 0.472. The Morgan fingerprint density at radius 3 is 2.67 bits per heavy atom. The van der Waals surface area contributed by atoms with Crippen LogP contribution in [0.5, 0.6) is 0 Å². The molecule has 4 rings (SSSR count). The summed E-state index contributed by atoms with van der Waals surface area (Å²) in [6, 6.07) is 7.98. The number of hydrogen-bond donors (Lipinski definition) is 0. The minimum absolute atomic E-state index is 0.00587. The summed E-state index contributed by atoms with van der Waals surface area (Å²) in [5.41, 5.74) is 3.81. The Kier molecular flexibility index (Phi) is 3.60. The lowest BCUT2D eigenvalue weighted by atomic mass is 10.2. The summed E-state index contributed by atoms with van der Waals surface area (Å²) < 4.78 is 4.79. The number of halogens is 1. The van der Waals surface area contributed by atoms with Crippen molar-refractivity contribution in [2.24, 2.45) is 0 Å². The van der Waals surface area contributed by atoms with Crippen molar-refractivity contribution in [1.82, 2.24) is 29.4 Å². The zero-order chi connectivity index (χ0) is 16.8. The molecule has 0 N–H and O–H groups in total. The molecule has 0 amide bonds. The van der Waals surface area contributed by atoms with E-state index in [4.69, 9.17) is 4.98 Å². The molecule has 6 nitrogen and oxygen atoms in total. The van der Waals surface area contributed by atoms with Gasteiger partial charge in [-0.15, -0.1) is 5.10 Å². The number of hydrogen-bond acceptors (Lipinski definition) is 4. The number of fused-ring (bicyclic) bond motifs is 3. The number of benzene rings is 1. The third-order valence-corrected chi connectivity index (χ3v) is 5.46. The molecular formula is C17H17BrN6. The van der Waals surface area contributed by atoms with Gasteiger partial charge in [0, 0.05) is 5.39 Å². The standard InChI is InChI=1S/C17H17BrN6/c1-4-14(24-11(3)15(18)10(2)21-24)16-20-17-12-7-5-6-8-13(12)19-9-23(17)22-16/h5-9,14H,4H2,1-3H3/t14-/m0/s1. The maximum Gasteiger partial charge on any atom is 0.176 e. The van der Waals surface area contributed by atoms with Crippen molar-refractivity contribution in [2.45, 2.75) is 33.2 Å². The number of nitrogens with zero attached hydrogens (tertiary/aromatic N) is 6. The van der Waals surface area contributed by atoms with E-state index in [1.54, 1.807) is 10.8 Å². The fraction of sp³-hybridized carbons (Fsp3) is 0.294. The quantitative estimate of drug-likeness (QED) is 0.538. The molecule has 122 valence electrons. The maximum absolute atomic E-state index is 4.80.